The molecule has 1 saturated carbocycles. The van der Waals surface area contributed by atoms with Crippen LogP contribution in [0.2, 0.25) is 0 Å². The lowest BCUT2D eigenvalue weighted by Crippen LogP contribution is -2.46. The van der Waals surface area contributed by atoms with Crippen molar-refractivity contribution in [3.63, 3.8) is 0 Å². The summed E-state index contributed by atoms with van der Waals surface area (Å²) in [5.74, 6) is -19.8. The van der Waals surface area contributed by atoms with E-state index in [0.29, 0.717) is 0 Å². The van der Waals surface area contributed by atoms with Crippen molar-refractivity contribution in [1.82, 2.24) is 30.7 Å². The summed E-state index contributed by atoms with van der Waals surface area (Å²) in [6.45, 7) is 1.74. The molecule has 1 fully saturated rings. The van der Waals surface area contributed by atoms with Gasteiger partial charge in [0.15, 0.2) is 18.3 Å². The smallest absolute Gasteiger partial charge is 0.303 e. The predicted molar refractivity (Wildman–Crippen MR) is 514 cm³/mol. The van der Waals surface area contributed by atoms with Crippen molar-refractivity contribution in [1.29, 1.82) is 0 Å². The SMILES string of the molecule is CC(=O)OCC(OC(C)=O)C(OC(C)=O)C(=O)Nc1c(I)c(C(=O)NCC2CC(CNC(=O)c3c(I)c(NC(=O)C(OC(C)=O)C(COC(C)=O)OC(C)=O)c(I)c(C(=O)N(C)CC(O)CO)c3I)CC(CNC(=O)c3c(I)c(NC(=O)C(OC(C)=O)C(COC(C)=O)OC(C)=O)c(I)c(C(=O)N(C)CC(O)CO)c3I)C2)c(I)c(C(=O)N(C)CC(O)CO)c1I. The number of halogens is 9. The van der Waals surface area contributed by atoms with Crippen LogP contribution in [0, 0.1) is 49.9 Å². The highest BCUT2D eigenvalue weighted by Crippen LogP contribution is 2.42. The number of hydrogen-bond donors (Lipinski definition) is 12. The first kappa shape index (κ1) is 113. The fraction of sp³-hybridized carbons (Fsp3) is 0.520. The van der Waals surface area contributed by atoms with Crippen LogP contribution < -0.4 is 31.9 Å². The number of carbonyl (C=O) groups is 18. The molecule has 4 rings (SSSR count). The lowest BCUT2D eigenvalue weighted by molar-refractivity contribution is -0.175. The summed E-state index contributed by atoms with van der Waals surface area (Å²) in [5, 5.41) is 77.4. The number of rotatable bonds is 42. The highest BCUT2D eigenvalue weighted by molar-refractivity contribution is 14.1. The second kappa shape index (κ2) is 53.2. The number of benzene rings is 3. The Labute approximate surface area is 843 Å². The predicted octanol–water partition coefficient (Wildman–Crippen LogP) is 3.12. The third kappa shape index (κ3) is 33.0. The van der Waals surface area contributed by atoms with Gasteiger partial charge in [0.25, 0.3) is 53.2 Å². The first-order valence-corrected chi connectivity index (χ1v) is 46.9. The maximum absolute atomic E-state index is 15.4. The maximum atomic E-state index is 15.4. The molecule has 0 saturated heterocycles. The van der Waals surface area contributed by atoms with Gasteiger partial charge in [-0.25, -0.2) is 0 Å². The van der Waals surface area contributed by atoms with Gasteiger partial charge in [-0.2, -0.15) is 0 Å². The lowest BCUT2D eigenvalue weighted by Gasteiger charge is -2.35. The van der Waals surface area contributed by atoms with Crippen LogP contribution in [0.3, 0.4) is 0 Å². The maximum Gasteiger partial charge on any atom is 0.303 e. The third-order valence-electron chi connectivity index (χ3n) is 17.8. The molecule has 9 unspecified atom stereocenters. The molecular weight excluding hydrogens is 2700 g/mol. The fourth-order valence-electron chi connectivity index (χ4n) is 12.4. The van der Waals surface area contributed by atoms with Crippen LogP contribution in [0.25, 0.3) is 0 Å². The fourth-order valence-corrected chi connectivity index (χ4v) is 25.6. The topological polar surface area (TPSA) is 594 Å². The number of amides is 9. The quantitative estimate of drug-likeness (QED) is 0.0220. The number of nitrogens with zero attached hydrogens (tertiary/aromatic N) is 3. The molecule has 0 spiro atoms. The second-order valence-corrected chi connectivity index (χ2v) is 37.8. The van der Waals surface area contributed by atoms with Crippen LogP contribution in [0.1, 0.15) is 144 Å². The van der Waals surface area contributed by atoms with Crippen molar-refractivity contribution in [3.05, 3.63) is 65.5 Å². The summed E-state index contributed by atoms with van der Waals surface area (Å²) in [7, 11) is 3.82. The van der Waals surface area contributed by atoms with E-state index < -0.39 is 239 Å². The number of aliphatic hydroxyl groups is 6. The van der Waals surface area contributed by atoms with Gasteiger partial charge in [-0.05, 0) is 240 Å². The van der Waals surface area contributed by atoms with Crippen molar-refractivity contribution in [2.45, 2.75) is 137 Å². The third-order valence-corrected chi connectivity index (χ3v) is 27.5. The Balaban J connectivity index is 2.07. The number of hydrogen-bond acceptors (Lipinski definition) is 33. The molecule has 126 heavy (non-hydrogen) atoms. The molecular formula is C75H90I9N9O33. The van der Waals surface area contributed by atoms with Gasteiger partial charge < -0.3 is 120 Å². The van der Waals surface area contributed by atoms with Crippen LogP contribution in [0.4, 0.5) is 17.1 Å². The van der Waals surface area contributed by atoms with Crippen molar-refractivity contribution >= 4 is 327 Å². The van der Waals surface area contributed by atoms with E-state index in [2.05, 4.69) is 31.9 Å². The zero-order chi connectivity index (χ0) is 95.7. The molecule has 696 valence electrons. The average molecular weight is 2790 g/mol. The number of likely N-dealkylation sites (N-methyl/N-ethyl adjacent to an activating group) is 3. The molecule has 9 amide bonds. The average Bonchev–Trinajstić information content (AvgIpc) is 0.769. The van der Waals surface area contributed by atoms with E-state index in [4.69, 9.17) is 42.6 Å². The van der Waals surface area contributed by atoms with E-state index in [1.54, 1.807) is 203 Å². The molecule has 9 atom stereocenters. The van der Waals surface area contributed by atoms with Crippen molar-refractivity contribution in [3.8, 4) is 0 Å². The van der Waals surface area contributed by atoms with Crippen LogP contribution >= 0.6 is 203 Å². The van der Waals surface area contributed by atoms with Gasteiger partial charge in [0.05, 0.1) is 110 Å². The van der Waals surface area contributed by atoms with Crippen LogP contribution in [0.15, 0.2) is 0 Å². The minimum absolute atomic E-state index is 0.0331. The Hall–Kier alpha value is -5.55. The van der Waals surface area contributed by atoms with Crippen LogP contribution in [-0.4, -0.2) is 307 Å². The van der Waals surface area contributed by atoms with E-state index in [1.165, 1.54) is 21.1 Å². The number of ether oxygens (including phenoxy) is 9. The normalized spacial score (nSPS) is 15.6. The first-order valence-electron chi connectivity index (χ1n) is 37.2. The summed E-state index contributed by atoms with van der Waals surface area (Å²) in [5.41, 5.74) is -2.25. The summed E-state index contributed by atoms with van der Waals surface area (Å²) >= 11 is 15.5. The van der Waals surface area contributed by atoms with Gasteiger partial charge in [0.2, 0.25) is 18.3 Å². The van der Waals surface area contributed by atoms with E-state index in [1.807, 2.05) is 0 Å². The number of nitrogens with one attached hydrogen (secondary N) is 6. The zero-order valence-electron chi connectivity index (χ0n) is 69.0. The molecule has 0 bridgehead atoms. The number of anilines is 3. The molecule has 42 nitrogen and oxygen atoms in total. The first-order chi connectivity index (χ1) is 58.7. The molecule has 3 aromatic carbocycles. The summed E-state index contributed by atoms with van der Waals surface area (Å²) in [6.07, 6.45) is -15.6. The van der Waals surface area contributed by atoms with Crippen LogP contribution in [0.5, 0.6) is 0 Å². The molecule has 1 aliphatic rings. The Kier molecular flexibility index (Phi) is 47.6. The van der Waals surface area contributed by atoms with E-state index >= 15 is 14.4 Å². The Morgan fingerprint density at radius 1 is 0.317 bits per heavy atom. The largest absolute Gasteiger partial charge is 0.462 e. The molecule has 12 N–H and O–H groups in total. The Morgan fingerprint density at radius 2 is 0.516 bits per heavy atom. The van der Waals surface area contributed by atoms with E-state index in [0.717, 1.165) is 77.0 Å². The van der Waals surface area contributed by atoms with Gasteiger partial charge in [0.1, 0.15) is 19.8 Å². The summed E-state index contributed by atoms with van der Waals surface area (Å²) in [4.78, 5) is 248. The number of aliphatic hydroxyl groups excluding tert-OH is 6. The molecule has 0 radical (unpaired) electrons. The monoisotopic (exact) mass is 2790 g/mol. The van der Waals surface area contributed by atoms with Gasteiger partial charge in [-0.3, -0.25) is 86.3 Å². The molecule has 0 heterocycles. The summed E-state index contributed by atoms with van der Waals surface area (Å²) < 4.78 is 46.8. The minimum Gasteiger partial charge on any atom is -0.462 e. The van der Waals surface area contributed by atoms with E-state index in [9.17, 15) is 103 Å². The van der Waals surface area contributed by atoms with Gasteiger partial charge in [-0.1, -0.05) is 0 Å². The minimum atomic E-state index is -2.06. The molecule has 1 aliphatic carbocycles. The van der Waals surface area contributed by atoms with Gasteiger partial charge >= 0.3 is 53.7 Å². The molecule has 3 aromatic rings. The Bertz CT molecular complexity index is 4220. The molecule has 0 aliphatic heterocycles. The summed E-state index contributed by atoms with van der Waals surface area (Å²) in [6, 6.07) is 0. The molecule has 0 aromatic heterocycles. The molecule has 51 heteroatoms. The van der Waals surface area contributed by atoms with Crippen molar-refractivity contribution in [2.24, 2.45) is 17.8 Å². The van der Waals surface area contributed by atoms with Gasteiger partial charge in [0, 0.05) is 133 Å². The number of carbonyl (C=O) groups excluding carboxylic acids is 18. The number of esters is 9. The highest BCUT2D eigenvalue weighted by Gasteiger charge is 2.43. The zero-order valence-corrected chi connectivity index (χ0v) is 88.4. The van der Waals surface area contributed by atoms with Crippen LogP contribution in [-0.2, 0) is 100 Å². The second-order valence-electron chi connectivity index (χ2n) is 28.1. The van der Waals surface area contributed by atoms with Crippen molar-refractivity contribution in [2.75, 3.05) is 116 Å². The lowest BCUT2D eigenvalue weighted by atomic mass is 9.75. The standard InChI is InChI=1S/C75H90I9N9O33/c1-28(97)118-25-43(121-31(4)100)64(124-34(7)103)70(112)88-61-55(79)46(52(76)49(58(61)82)73(115)91(10)19-40(106)22-94)67(109)85-16-37-13-38(17-86-68(110)47-53(77)50(74(116)92(11)20-41(107)23-95)59(83)62(56(47)80)89-71(113)65(125-35(8)104)44(122-32(5)101)26-119-29(2)98)15-39(14-37)18-87-69(111)48-54(78)51(75(117)93(12)21-42(108)24-96)60(84)63(57(48)81)90-72(114)66(126-36(9)105)45(123-33(6)102)27-120-30(3)99/h37-45,64-66,94-96,106-108H,13-27H2,1-12H3,(H,85,109)(H,86,110)(H,87,111)(H,88,112)(H,89,113)(H,90,114). The van der Waals surface area contributed by atoms with Crippen molar-refractivity contribution < 1.29 is 160 Å². The van der Waals surface area contributed by atoms with Gasteiger partial charge in [-0.15, -0.1) is 0 Å². The van der Waals surface area contributed by atoms with E-state index in [-0.39, 0.29) is 121 Å². The Morgan fingerprint density at radius 3 is 0.698 bits per heavy atom. The highest BCUT2D eigenvalue weighted by atomic mass is 127.